The Balaban J connectivity index is 1.93. The molecule has 0 unspecified atom stereocenters. The van der Waals surface area contributed by atoms with Gasteiger partial charge in [0.15, 0.2) is 0 Å². The summed E-state index contributed by atoms with van der Waals surface area (Å²) < 4.78 is 4.84. The first-order valence-electron chi connectivity index (χ1n) is 7.15. The lowest BCUT2D eigenvalue weighted by Gasteiger charge is -2.13. The molecular formula is C18H18O2S. The molecule has 108 valence electrons. The predicted molar refractivity (Wildman–Crippen MR) is 84.8 cm³/mol. The van der Waals surface area contributed by atoms with Crippen LogP contribution in [0.15, 0.2) is 52.3 Å². The average molecular weight is 298 g/mol. The van der Waals surface area contributed by atoms with Gasteiger partial charge in [0.2, 0.25) is 0 Å². The lowest BCUT2D eigenvalue weighted by Crippen LogP contribution is -2.11. The third-order valence-electron chi connectivity index (χ3n) is 4.00. The number of methoxy groups -OCH3 is 1. The summed E-state index contributed by atoms with van der Waals surface area (Å²) in [6.45, 7) is 1.89. The van der Waals surface area contributed by atoms with Crippen LogP contribution in [0.1, 0.15) is 29.5 Å². The van der Waals surface area contributed by atoms with Crippen molar-refractivity contribution in [2.75, 3.05) is 7.11 Å². The van der Waals surface area contributed by atoms with E-state index in [9.17, 15) is 4.79 Å². The zero-order valence-corrected chi connectivity index (χ0v) is 13.1. The minimum Gasteiger partial charge on any atom is -0.469 e. The van der Waals surface area contributed by atoms with Gasteiger partial charge in [-0.15, -0.1) is 0 Å². The van der Waals surface area contributed by atoms with Crippen LogP contribution in [0.5, 0.6) is 0 Å². The number of fused-ring (bicyclic) bond motifs is 2. The van der Waals surface area contributed by atoms with E-state index < -0.39 is 0 Å². The van der Waals surface area contributed by atoms with Gasteiger partial charge in [-0.05, 0) is 48.6 Å². The average Bonchev–Trinajstić information content (AvgIpc) is 2.71. The van der Waals surface area contributed by atoms with E-state index in [0.29, 0.717) is 0 Å². The largest absolute Gasteiger partial charge is 0.469 e. The first-order chi connectivity index (χ1) is 10.2. The molecule has 0 spiro atoms. The minimum absolute atomic E-state index is 0.181. The first-order valence-corrected chi connectivity index (χ1v) is 7.97. The number of carbonyl (C=O) groups excluding carboxylic acids is 1. The summed E-state index contributed by atoms with van der Waals surface area (Å²) in [6.07, 6.45) is 2.06. The van der Waals surface area contributed by atoms with Crippen LogP contribution in [0.3, 0.4) is 0 Å². The second-order valence-corrected chi connectivity index (χ2v) is 6.41. The standard InChI is InChI=1S/C18H18O2S/c1-12(18(19)20-2)14-9-10-17-15(11-14)8-7-13-5-3-4-6-16(13)21-17/h3-6,9-12H,7-8H2,1-2H3/t12-/m1/s1. The van der Waals surface area contributed by atoms with Crippen LogP contribution in [-0.4, -0.2) is 13.1 Å². The van der Waals surface area contributed by atoms with E-state index in [2.05, 4.69) is 36.4 Å². The highest BCUT2D eigenvalue weighted by molar-refractivity contribution is 7.99. The monoisotopic (exact) mass is 298 g/mol. The van der Waals surface area contributed by atoms with Gasteiger partial charge >= 0.3 is 5.97 Å². The number of esters is 1. The normalized spacial score (nSPS) is 14.6. The van der Waals surface area contributed by atoms with E-state index in [1.807, 2.05) is 24.8 Å². The van der Waals surface area contributed by atoms with Crippen molar-refractivity contribution in [2.45, 2.75) is 35.5 Å². The van der Waals surface area contributed by atoms with E-state index >= 15 is 0 Å². The second kappa shape index (κ2) is 5.94. The molecule has 1 aliphatic rings. The van der Waals surface area contributed by atoms with Crippen LogP contribution >= 0.6 is 11.8 Å². The van der Waals surface area contributed by atoms with Crippen molar-refractivity contribution in [1.82, 2.24) is 0 Å². The number of benzene rings is 2. The Bertz CT molecular complexity index is 679. The molecule has 1 atom stereocenters. The van der Waals surface area contributed by atoms with Crippen LogP contribution in [0.4, 0.5) is 0 Å². The molecule has 0 N–H and O–H groups in total. The summed E-state index contributed by atoms with van der Waals surface area (Å²) in [7, 11) is 1.44. The lowest BCUT2D eigenvalue weighted by molar-refractivity contribution is -0.141. The highest BCUT2D eigenvalue weighted by atomic mass is 32.2. The first kappa shape index (κ1) is 14.2. The maximum atomic E-state index is 11.7. The molecule has 3 heteroatoms. The molecule has 2 aromatic carbocycles. The summed E-state index contributed by atoms with van der Waals surface area (Å²) in [5.74, 6) is -0.393. The number of hydrogen-bond donors (Lipinski definition) is 0. The molecule has 0 aliphatic carbocycles. The zero-order valence-electron chi connectivity index (χ0n) is 12.3. The molecule has 0 amide bonds. The minimum atomic E-state index is -0.212. The van der Waals surface area contributed by atoms with Crippen LogP contribution in [-0.2, 0) is 22.4 Å². The molecule has 21 heavy (non-hydrogen) atoms. The molecule has 3 rings (SSSR count). The van der Waals surface area contributed by atoms with Crippen molar-refractivity contribution in [2.24, 2.45) is 0 Å². The summed E-state index contributed by atoms with van der Waals surface area (Å²) in [5, 5.41) is 0. The Morgan fingerprint density at radius 1 is 1.10 bits per heavy atom. The molecule has 0 saturated carbocycles. The topological polar surface area (TPSA) is 26.3 Å². The molecule has 0 bridgehead atoms. The van der Waals surface area contributed by atoms with Crippen molar-refractivity contribution in [3.05, 3.63) is 59.2 Å². The van der Waals surface area contributed by atoms with E-state index in [1.165, 1.54) is 28.0 Å². The van der Waals surface area contributed by atoms with Crippen LogP contribution in [0.25, 0.3) is 0 Å². The molecule has 0 fully saturated rings. The SMILES string of the molecule is COC(=O)[C@H](C)c1ccc2c(c1)CCc1ccccc1S2. The smallest absolute Gasteiger partial charge is 0.312 e. The molecule has 1 heterocycles. The van der Waals surface area contributed by atoms with Crippen molar-refractivity contribution in [3.63, 3.8) is 0 Å². The number of carbonyl (C=O) groups is 1. The van der Waals surface area contributed by atoms with Crippen LogP contribution in [0.2, 0.25) is 0 Å². The summed E-state index contributed by atoms with van der Waals surface area (Å²) in [4.78, 5) is 14.3. The fourth-order valence-corrected chi connectivity index (χ4v) is 3.79. The lowest BCUT2D eigenvalue weighted by atomic mass is 9.96. The summed E-state index contributed by atoms with van der Waals surface area (Å²) >= 11 is 1.82. The van der Waals surface area contributed by atoms with Crippen molar-refractivity contribution in [1.29, 1.82) is 0 Å². The molecule has 2 nitrogen and oxygen atoms in total. The van der Waals surface area contributed by atoms with Gasteiger partial charge < -0.3 is 4.74 Å². The summed E-state index contributed by atoms with van der Waals surface area (Å²) in [5.41, 5.74) is 3.76. The molecule has 0 saturated heterocycles. The van der Waals surface area contributed by atoms with Crippen molar-refractivity contribution < 1.29 is 9.53 Å². The zero-order chi connectivity index (χ0) is 14.8. The molecular weight excluding hydrogens is 280 g/mol. The quantitative estimate of drug-likeness (QED) is 0.777. The van der Waals surface area contributed by atoms with E-state index in [4.69, 9.17) is 4.74 Å². The second-order valence-electron chi connectivity index (χ2n) is 5.32. The fraction of sp³-hybridized carbons (Fsp3) is 0.278. The molecule has 1 aliphatic heterocycles. The van der Waals surface area contributed by atoms with Crippen LogP contribution < -0.4 is 0 Å². The van der Waals surface area contributed by atoms with Gasteiger partial charge in [-0.25, -0.2) is 0 Å². The predicted octanol–water partition coefficient (Wildman–Crippen LogP) is 4.21. The number of hydrogen-bond acceptors (Lipinski definition) is 3. The van der Waals surface area contributed by atoms with Gasteiger partial charge in [-0.3, -0.25) is 4.79 Å². The maximum Gasteiger partial charge on any atom is 0.312 e. The van der Waals surface area contributed by atoms with Gasteiger partial charge in [-0.1, -0.05) is 42.1 Å². The Morgan fingerprint density at radius 3 is 2.62 bits per heavy atom. The number of rotatable bonds is 2. The number of ether oxygens (including phenoxy) is 1. The van der Waals surface area contributed by atoms with Gasteiger partial charge in [0, 0.05) is 9.79 Å². The van der Waals surface area contributed by atoms with E-state index in [0.717, 1.165) is 18.4 Å². The van der Waals surface area contributed by atoms with Gasteiger partial charge in [0.25, 0.3) is 0 Å². The number of aryl methyl sites for hydroxylation is 2. The van der Waals surface area contributed by atoms with Crippen molar-refractivity contribution in [3.8, 4) is 0 Å². The fourth-order valence-electron chi connectivity index (χ4n) is 2.67. The van der Waals surface area contributed by atoms with Gasteiger partial charge in [-0.2, -0.15) is 0 Å². The highest BCUT2D eigenvalue weighted by Gasteiger charge is 2.19. The Morgan fingerprint density at radius 2 is 1.81 bits per heavy atom. The van der Waals surface area contributed by atoms with Crippen molar-refractivity contribution >= 4 is 17.7 Å². The van der Waals surface area contributed by atoms with E-state index in [1.54, 1.807) is 0 Å². The van der Waals surface area contributed by atoms with Gasteiger partial charge in [0.05, 0.1) is 13.0 Å². The maximum absolute atomic E-state index is 11.7. The molecule has 0 aromatic heterocycles. The third kappa shape index (κ3) is 2.84. The summed E-state index contributed by atoms with van der Waals surface area (Å²) in [6, 6.07) is 14.9. The Labute approximate surface area is 129 Å². The molecule has 0 radical (unpaired) electrons. The van der Waals surface area contributed by atoms with E-state index in [-0.39, 0.29) is 11.9 Å². The van der Waals surface area contributed by atoms with Crippen LogP contribution in [0, 0.1) is 0 Å². The third-order valence-corrected chi connectivity index (χ3v) is 5.23. The Hall–Kier alpha value is -1.74. The Kier molecular flexibility index (Phi) is 4.02. The molecule has 2 aromatic rings. The highest BCUT2D eigenvalue weighted by Crippen LogP contribution is 2.38. The van der Waals surface area contributed by atoms with Gasteiger partial charge in [0.1, 0.15) is 0 Å².